The third kappa shape index (κ3) is 3.08. The SMILES string of the molecule is COc1ccccc1C(CN)C(F)(F)C(=O)O.Cl. The standard InChI is InChI=1S/C11H13F2NO3.ClH/c1-17-9-5-3-2-4-7(9)8(6-14)11(12,13)10(15)16;/h2-5,8H,6,14H2,1H3,(H,15,16);1H. The second-order valence-corrected chi connectivity index (χ2v) is 3.46. The van der Waals surface area contributed by atoms with Crippen molar-refractivity contribution in [2.75, 3.05) is 13.7 Å². The number of hydrogen-bond acceptors (Lipinski definition) is 3. The van der Waals surface area contributed by atoms with Crippen molar-refractivity contribution < 1.29 is 23.4 Å². The zero-order chi connectivity index (χ0) is 13.1. The summed E-state index contributed by atoms with van der Waals surface area (Å²) >= 11 is 0. The van der Waals surface area contributed by atoms with E-state index >= 15 is 0 Å². The molecule has 0 radical (unpaired) electrons. The average molecular weight is 282 g/mol. The molecule has 0 amide bonds. The van der Waals surface area contributed by atoms with Crippen LogP contribution in [0.2, 0.25) is 0 Å². The molecule has 0 heterocycles. The summed E-state index contributed by atoms with van der Waals surface area (Å²) in [5.41, 5.74) is 5.34. The number of nitrogens with two attached hydrogens (primary N) is 1. The molecule has 7 heteroatoms. The van der Waals surface area contributed by atoms with Gasteiger partial charge in [-0.1, -0.05) is 18.2 Å². The molecule has 0 aliphatic carbocycles. The first-order valence-electron chi connectivity index (χ1n) is 4.89. The number of halogens is 3. The largest absolute Gasteiger partial charge is 0.496 e. The van der Waals surface area contributed by atoms with Gasteiger partial charge in [0, 0.05) is 12.1 Å². The molecule has 1 atom stereocenters. The van der Waals surface area contributed by atoms with Crippen molar-refractivity contribution in [2.24, 2.45) is 5.73 Å². The summed E-state index contributed by atoms with van der Waals surface area (Å²) in [7, 11) is 1.32. The number of hydrogen-bond donors (Lipinski definition) is 2. The van der Waals surface area contributed by atoms with Gasteiger partial charge in [0.15, 0.2) is 0 Å². The van der Waals surface area contributed by atoms with Gasteiger partial charge in [-0.25, -0.2) is 4.79 Å². The first-order chi connectivity index (χ1) is 7.95. The first kappa shape index (κ1) is 16.6. The first-order valence-corrected chi connectivity index (χ1v) is 4.89. The number of para-hydroxylation sites is 1. The Balaban J connectivity index is 0.00000289. The summed E-state index contributed by atoms with van der Waals surface area (Å²) in [6.07, 6.45) is 0. The fraction of sp³-hybridized carbons (Fsp3) is 0.364. The summed E-state index contributed by atoms with van der Waals surface area (Å²) in [6, 6.07) is 6.00. The van der Waals surface area contributed by atoms with E-state index in [4.69, 9.17) is 15.6 Å². The van der Waals surface area contributed by atoms with E-state index < -0.39 is 24.4 Å². The highest BCUT2D eigenvalue weighted by molar-refractivity contribution is 5.85. The summed E-state index contributed by atoms with van der Waals surface area (Å²) in [5, 5.41) is 8.52. The van der Waals surface area contributed by atoms with Crippen molar-refractivity contribution in [3.05, 3.63) is 29.8 Å². The van der Waals surface area contributed by atoms with Gasteiger partial charge >= 0.3 is 11.9 Å². The normalized spacial score (nSPS) is 12.4. The summed E-state index contributed by atoms with van der Waals surface area (Å²) < 4.78 is 31.9. The number of benzene rings is 1. The lowest BCUT2D eigenvalue weighted by atomic mass is 9.92. The molecule has 0 saturated carbocycles. The van der Waals surface area contributed by atoms with Gasteiger partial charge in [-0.2, -0.15) is 8.78 Å². The predicted octanol–water partition coefficient (Wildman–Crippen LogP) is 1.88. The van der Waals surface area contributed by atoms with Crippen molar-refractivity contribution in [3.8, 4) is 5.75 Å². The Kier molecular flexibility index (Phi) is 6.00. The summed E-state index contributed by atoms with van der Waals surface area (Å²) in [4.78, 5) is 10.5. The van der Waals surface area contributed by atoms with E-state index in [-0.39, 0.29) is 23.7 Å². The Bertz CT molecular complexity index is 415. The second-order valence-electron chi connectivity index (χ2n) is 3.46. The van der Waals surface area contributed by atoms with Crippen molar-refractivity contribution in [1.82, 2.24) is 0 Å². The van der Waals surface area contributed by atoms with E-state index in [1.807, 2.05) is 0 Å². The molecule has 1 rings (SSSR count). The number of carboxylic acids is 1. The van der Waals surface area contributed by atoms with Crippen LogP contribution in [0.4, 0.5) is 8.78 Å². The highest BCUT2D eigenvalue weighted by atomic mass is 35.5. The van der Waals surface area contributed by atoms with E-state index in [2.05, 4.69) is 0 Å². The number of rotatable bonds is 5. The number of carbonyl (C=O) groups is 1. The van der Waals surface area contributed by atoms with Crippen LogP contribution in [-0.4, -0.2) is 30.7 Å². The van der Waals surface area contributed by atoms with Gasteiger partial charge < -0.3 is 15.6 Å². The zero-order valence-electron chi connectivity index (χ0n) is 9.60. The second kappa shape index (κ2) is 6.51. The van der Waals surface area contributed by atoms with Crippen LogP contribution in [0.3, 0.4) is 0 Å². The summed E-state index contributed by atoms with van der Waals surface area (Å²) in [6.45, 7) is -0.486. The van der Waals surface area contributed by atoms with Crippen LogP contribution in [0.1, 0.15) is 11.5 Å². The van der Waals surface area contributed by atoms with Crippen molar-refractivity contribution in [2.45, 2.75) is 11.8 Å². The maximum absolute atomic E-state index is 13.5. The number of carboxylic acid groups (broad SMARTS) is 1. The smallest absolute Gasteiger partial charge is 0.375 e. The van der Waals surface area contributed by atoms with E-state index in [0.29, 0.717) is 0 Å². The van der Waals surface area contributed by atoms with Crippen LogP contribution < -0.4 is 10.5 Å². The minimum Gasteiger partial charge on any atom is -0.496 e. The Morgan fingerprint density at radius 1 is 1.50 bits per heavy atom. The molecule has 1 aromatic rings. The molecule has 0 bridgehead atoms. The van der Waals surface area contributed by atoms with Gasteiger partial charge in [0.05, 0.1) is 13.0 Å². The molecular formula is C11H14ClF2NO3. The van der Waals surface area contributed by atoms with Gasteiger partial charge in [-0.05, 0) is 6.07 Å². The van der Waals surface area contributed by atoms with Crippen LogP contribution in [0.15, 0.2) is 24.3 Å². The Morgan fingerprint density at radius 3 is 2.50 bits per heavy atom. The molecular weight excluding hydrogens is 268 g/mol. The molecule has 0 aromatic heterocycles. The van der Waals surface area contributed by atoms with Crippen molar-refractivity contribution in [3.63, 3.8) is 0 Å². The van der Waals surface area contributed by atoms with Gasteiger partial charge in [0.1, 0.15) is 5.75 Å². The van der Waals surface area contributed by atoms with Gasteiger partial charge in [-0.15, -0.1) is 12.4 Å². The lowest BCUT2D eigenvalue weighted by molar-refractivity contribution is -0.168. The molecule has 0 aliphatic heterocycles. The van der Waals surface area contributed by atoms with Crippen molar-refractivity contribution >= 4 is 18.4 Å². The quantitative estimate of drug-likeness (QED) is 0.864. The third-order valence-electron chi connectivity index (χ3n) is 2.47. The Labute approximate surface area is 109 Å². The Hall–Kier alpha value is -1.40. The fourth-order valence-corrected chi connectivity index (χ4v) is 1.57. The van der Waals surface area contributed by atoms with E-state index in [0.717, 1.165) is 0 Å². The minimum atomic E-state index is -3.93. The van der Waals surface area contributed by atoms with E-state index in [1.165, 1.54) is 25.3 Å². The van der Waals surface area contributed by atoms with Crippen LogP contribution in [0.5, 0.6) is 5.75 Å². The van der Waals surface area contributed by atoms with Crippen molar-refractivity contribution in [1.29, 1.82) is 0 Å². The maximum atomic E-state index is 13.5. The predicted molar refractivity (Wildman–Crippen MR) is 64.6 cm³/mol. The lowest BCUT2D eigenvalue weighted by Crippen LogP contribution is -2.39. The minimum absolute atomic E-state index is 0. The van der Waals surface area contributed by atoms with Crippen LogP contribution in [0, 0.1) is 0 Å². The molecule has 1 unspecified atom stereocenters. The topological polar surface area (TPSA) is 72.5 Å². The molecule has 3 N–H and O–H groups in total. The number of aliphatic carboxylic acids is 1. The molecule has 0 fully saturated rings. The van der Waals surface area contributed by atoms with Crippen LogP contribution in [-0.2, 0) is 4.79 Å². The zero-order valence-corrected chi connectivity index (χ0v) is 10.4. The molecule has 0 aliphatic rings. The molecule has 0 saturated heterocycles. The van der Waals surface area contributed by atoms with Gasteiger partial charge in [0.2, 0.25) is 0 Å². The van der Waals surface area contributed by atoms with E-state index in [1.54, 1.807) is 6.07 Å². The average Bonchev–Trinajstić information content (AvgIpc) is 2.30. The molecule has 4 nitrogen and oxygen atoms in total. The number of ether oxygens (including phenoxy) is 1. The number of methoxy groups -OCH3 is 1. The maximum Gasteiger partial charge on any atom is 0.375 e. The van der Waals surface area contributed by atoms with Crippen LogP contribution in [0.25, 0.3) is 0 Å². The molecule has 102 valence electrons. The Morgan fingerprint density at radius 2 is 2.06 bits per heavy atom. The third-order valence-corrected chi connectivity index (χ3v) is 2.47. The van der Waals surface area contributed by atoms with Crippen LogP contribution >= 0.6 is 12.4 Å². The lowest BCUT2D eigenvalue weighted by Gasteiger charge is -2.23. The van der Waals surface area contributed by atoms with Gasteiger partial charge in [0.25, 0.3) is 0 Å². The monoisotopic (exact) mass is 281 g/mol. The van der Waals surface area contributed by atoms with Gasteiger partial charge in [-0.3, -0.25) is 0 Å². The molecule has 1 aromatic carbocycles. The number of alkyl halides is 2. The highest BCUT2D eigenvalue weighted by Gasteiger charge is 2.48. The summed E-state index contributed by atoms with van der Waals surface area (Å²) in [5.74, 6) is -7.54. The fourth-order valence-electron chi connectivity index (χ4n) is 1.57. The molecule has 18 heavy (non-hydrogen) atoms. The van der Waals surface area contributed by atoms with E-state index in [9.17, 15) is 13.6 Å². The highest BCUT2D eigenvalue weighted by Crippen LogP contribution is 2.37. The molecule has 0 spiro atoms.